The maximum atomic E-state index is 13.6. The van der Waals surface area contributed by atoms with Crippen LogP contribution in [0.15, 0.2) is 48.5 Å². The second kappa shape index (κ2) is 6.89. The Morgan fingerprint density at radius 2 is 1.61 bits per heavy atom. The molecule has 3 amide bonds. The van der Waals surface area contributed by atoms with Crippen molar-refractivity contribution in [1.29, 1.82) is 0 Å². The number of imide groups is 1. The van der Waals surface area contributed by atoms with Gasteiger partial charge in [0.2, 0.25) is 0 Å². The van der Waals surface area contributed by atoms with E-state index < -0.39 is 22.9 Å². The van der Waals surface area contributed by atoms with Crippen molar-refractivity contribution >= 4 is 17.7 Å². The SMILES string of the molecule is Cc1ccc(C2(c3ccccc3)NC(=O)N(CC(=O)C(C)(C)C)C2=O)cc1C. The monoisotopic (exact) mass is 378 g/mol. The fourth-order valence-electron chi connectivity index (χ4n) is 3.32. The van der Waals surface area contributed by atoms with Crippen LogP contribution in [0.5, 0.6) is 0 Å². The quantitative estimate of drug-likeness (QED) is 0.825. The first-order valence-electron chi connectivity index (χ1n) is 9.38. The summed E-state index contributed by atoms with van der Waals surface area (Å²) in [6.45, 7) is 9.07. The molecule has 0 aromatic heterocycles. The Morgan fingerprint density at radius 3 is 2.18 bits per heavy atom. The van der Waals surface area contributed by atoms with Gasteiger partial charge in [-0.25, -0.2) is 4.79 Å². The molecule has 146 valence electrons. The third kappa shape index (κ3) is 3.21. The van der Waals surface area contributed by atoms with E-state index in [0.29, 0.717) is 11.1 Å². The predicted octanol–water partition coefficient (Wildman–Crippen LogP) is 3.71. The number of urea groups is 1. The Bertz CT molecular complexity index is 944. The Hall–Kier alpha value is -2.95. The summed E-state index contributed by atoms with van der Waals surface area (Å²) in [5.41, 5.74) is 1.50. The molecule has 1 atom stereocenters. The predicted molar refractivity (Wildman–Crippen MR) is 108 cm³/mol. The van der Waals surface area contributed by atoms with Crippen LogP contribution >= 0.6 is 0 Å². The molecule has 3 rings (SSSR count). The largest absolute Gasteiger partial charge is 0.325 e. The Balaban J connectivity index is 2.13. The molecule has 0 spiro atoms. The molecule has 2 aromatic carbocycles. The van der Waals surface area contributed by atoms with Crippen LogP contribution in [0, 0.1) is 19.3 Å². The highest BCUT2D eigenvalue weighted by Crippen LogP contribution is 2.37. The van der Waals surface area contributed by atoms with E-state index in [1.54, 1.807) is 20.8 Å². The molecule has 0 radical (unpaired) electrons. The second-order valence-electron chi connectivity index (χ2n) is 8.41. The van der Waals surface area contributed by atoms with Crippen molar-refractivity contribution in [1.82, 2.24) is 10.2 Å². The zero-order valence-electron chi connectivity index (χ0n) is 17.0. The normalized spacial score (nSPS) is 19.7. The minimum atomic E-state index is -1.34. The number of hydrogen-bond donors (Lipinski definition) is 1. The molecule has 0 bridgehead atoms. The number of aryl methyl sites for hydroxylation is 2. The van der Waals surface area contributed by atoms with Gasteiger partial charge in [0.25, 0.3) is 5.91 Å². The van der Waals surface area contributed by atoms with E-state index in [2.05, 4.69) is 5.32 Å². The van der Waals surface area contributed by atoms with E-state index in [0.717, 1.165) is 16.0 Å². The number of nitrogens with zero attached hydrogens (tertiary/aromatic N) is 1. The highest BCUT2D eigenvalue weighted by molar-refractivity contribution is 6.11. The van der Waals surface area contributed by atoms with Gasteiger partial charge in [0.05, 0.1) is 6.54 Å². The number of nitrogens with one attached hydrogen (secondary N) is 1. The van der Waals surface area contributed by atoms with Crippen molar-refractivity contribution < 1.29 is 14.4 Å². The van der Waals surface area contributed by atoms with Gasteiger partial charge >= 0.3 is 6.03 Å². The minimum Gasteiger partial charge on any atom is -0.315 e. The molecular weight excluding hydrogens is 352 g/mol. The lowest BCUT2D eigenvalue weighted by atomic mass is 9.81. The van der Waals surface area contributed by atoms with Crippen LogP contribution in [0.1, 0.15) is 43.0 Å². The molecule has 2 aromatic rings. The van der Waals surface area contributed by atoms with Gasteiger partial charge in [-0.1, -0.05) is 69.3 Å². The van der Waals surface area contributed by atoms with E-state index in [9.17, 15) is 14.4 Å². The maximum Gasteiger partial charge on any atom is 0.325 e. The summed E-state index contributed by atoms with van der Waals surface area (Å²) in [6, 6.07) is 14.4. The highest BCUT2D eigenvalue weighted by Gasteiger charge is 2.54. The number of benzene rings is 2. The first kappa shape index (κ1) is 19.8. The molecule has 1 N–H and O–H groups in total. The average Bonchev–Trinajstić information content (AvgIpc) is 2.89. The lowest BCUT2D eigenvalue weighted by Gasteiger charge is -2.29. The van der Waals surface area contributed by atoms with Crippen LogP contribution in [-0.4, -0.2) is 29.2 Å². The Labute approximate surface area is 165 Å². The number of carbonyl (C=O) groups excluding carboxylic acids is 3. The van der Waals surface area contributed by atoms with Crippen molar-refractivity contribution in [3.63, 3.8) is 0 Å². The number of amides is 3. The van der Waals surface area contributed by atoms with Gasteiger partial charge < -0.3 is 5.32 Å². The summed E-state index contributed by atoms with van der Waals surface area (Å²) in [4.78, 5) is 39.9. The minimum absolute atomic E-state index is 0.167. The second-order valence-corrected chi connectivity index (χ2v) is 8.41. The fourth-order valence-corrected chi connectivity index (χ4v) is 3.32. The van der Waals surface area contributed by atoms with Gasteiger partial charge in [0.15, 0.2) is 11.3 Å². The summed E-state index contributed by atoms with van der Waals surface area (Å²) in [6.07, 6.45) is 0. The van der Waals surface area contributed by atoms with Crippen molar-refractivity contribution in [2.75, 3.05) is 6.54 Å². The number of hydrogen-bond acceptors (Lipinski definition) is 3. The number of rotatable bonds is 4. The zero-order chi connectivity index (χ0) is 20.7. The molecule has 1 unspecified atom stereocenters. The standard InChI is InChI=1S/C23H26N2O3/c1-15-11-12-18(13-16(15)2)23(17-9-7-6-8-10-17)20(27)25(21(28)24-23)14-19(26)22(3,4)5/h6-13H,14H2,1-5H3,(H,24,28). The third-order valence-corrected chi connectivity index (χ3v) is 5.39. The zero-order valence-corrected chi connectivity index (χ0v) is 17.0. The van der Waals surface area contributed by atoms with Crippen LogP contribution in [0.3, 0.4) is 0 Å². The average molecular weight is 378 g/mol. The van der Waals surface area contributed by atoms with Crippen LogP contribution in [0.4, 0.5) is 4.79 Å². The topological polar surface area (TPSA) is 66.5 Å². The number of ketones is 1. The summed E-state index contributed by atoms with van der Waals surface area (Å²) in [7, 11) is 0. The lowest BCUT2D eigenvalue weighted by Crippen LogP contribution is -2.46. The van der Waals surface area contributed by atoms with Crippen molar-refractivity contribution in [3.8, 4) is 0 Å². The Morgan fingerprint density at radius 1 is 0.964 bits per heavy atom. The van der Waals surface area contributed by atoms with Crippen LogP contribution < -0.4 is 5.32 Å². The molecular formula is C23H26N2O3. The molecule has 1 saturated heterocycles. The van der Waals surface area contributed by atoms with E-state index in [1.165, 1.54) is 0 Å². The molecule has 1 heterocycles. The summed E-state index contributed by atoms with van der Waals surface area (Å²) >= 11 is 0. The van der Waals surface area contributed by atoms with Gasteiger partial charge in [-0.05, 0) is 36.1 Å². The lowest BCUT2D eigenvalue weighted by molar-refractivity contribution is -0.136. The van der Waals surface area contributed by atoms with Crippen LogP contribution in [0.2, 0.25) is 0 Å². The van der Waals surface area contributed by atoms with Crippen molar-refractivity contribution in [2.45, 2.75) is 40.2 Å². The molecule has 5 nitrogen and oxygen atoms in total. The maximum absolute atomic E-state index is 13.6. The van der Waals surface area contributed by atoms with Crippen molar-refractivity contribution in [3.05, 3.63) is 70.8 Å². The van der Waals surface area contributed by atoms with Crippen LogP contribution in [-0.2, 0) is 15.1 Å². The summed E-state index contributed by atoms with van der Waals surface area (Å²) in [5.74, 6) is -0.593. The molecule has 1 aliphatic heterocycles. The molecule has 5 heteroatoms. The van der Waals surface area contributed by atoms with Gasteiger partial charge in [-0.15, -0.1) is 0 Å². The molecule has 28 heavy (non-hydrogen) atoms. The third-order valence-electron chi connectivity index (χ3n) is 5.39. The van der Waals surface area contributed by atoms with Crippen LogP contribution in [0.25, 0.3) is 0 Å². The van der Waals surface area contributed by atoms with Gasteiger partial charge in [-0.2, -0.15) is 0 Å². The van der Waals surface area contributed by atoms with Crippen molar-refractivity contribution in [2.24, 2.45) is 5.41 Å². The first-order valence-corrected chi connectivity index (χ1v) is 9.38. The van der Waals surface area contributed by atoms with Gasteiger partial charge in [0, 0.05) is 5.41 Å². The van der Waals surface area contributed by atoms with E-state index in [1.807, 2.05) is 62.4 Å². The fraction of sp³-hybridized carbons (Fsp3) is 0.348. The van der Waals surface area contributed by atoms with Gasteiger partial charge in [0.1, 0.15) is 0 Å². The number of carbonyl (C=O) groups is 3. The first-order chi connectivity index (χ1) is 13.1. The van der Waals surface area contributed by atoms with Gasteiger partial charge in [-0.3, -0.25) is 14.5 Å². The Kier molecular flexibility index (Phi) is 4.88. The summed E-state index contributed by atoms with van der Waals surface area (Å²) in [5, 5.41) is 2.89. The number of Topliss-reactive ketones (excluding diaryl/α,β-unsaturated/α-hetero) is 1. The van der Waals surface area contributed by atoms with E-state index in [4.69, 9.17) is 0 Å². The molecule has 1 fully saturated rings. The van der Waals surface area contributed by atoms with E-state index in [-0.39, 0.29) is 12.3 Å². The summed E-state index contributed by atoms with van der Waals surface area (Å²) < 4.78 is 0. The highest BCUT2D eigenvalue weighted by atomic mass is 16.2. The smallest absolute Gasteiger partial charge is 0.315 e. The molecule has 1 aliphatic rings. The molecule has 0 saturated carbocycles. The van der Waals surface area contributed by atoms with E-state index >= 15 is 0 Å². The molecule has 0 aliphatic carbocycles.